The molecule has 4 amide bonds. The summed E-state index contributed by atoms with van der Waals surface area (Å²) in [6.45, 7) is 1.74. The highest BCUT2D eigenvalue weighted by Gasteiger charge is 2.29. The third-order valence-corrected chi connectivity index (χ3v) is 7.80. The number of aliphatic hydroxyl groups is 2. The first-order chi connectivity index (χ1) is 20.7. The minimum absolute atomic E-state index is 0.0722. The number of amides is 4. The van der Waals surface area contributed by atoms with E-state index in [1.54, 1.807) is 0 Å². The summed E-state index contributed by atoms with van der Waals surface area (Å²) in [4.78, 5) is 72.6. The highest BCUT2D eigenvalue weighted by atomic mass is 16.5. The van der Waals surface area contributed by atoms with Gasteiger partial charge in [0, 0.05) is 89.5 Å². The summed E-state index contributed by atoms with van der Waals surface area (Å²) in [6, 6.07) is 0. The van der Waals surface area contributed by atoms with Crippen LogP contribution in [-0.4, -0.2) is 108 Å². The van der Waals surface area contributed by atoms with Gasteiger partial charge in [-0.3, -0.25) is 38.6 Å². The first kappa shape index (κ1) is 36.1. The van der Waals surface area contributed by atoms with E-state index in [-0.39, 0.29) is 82.2 Å². The van der Waals surface area contributed by atoms with E-state index in [9.17, 15) is 39.0 Å². The molecule has 43 heavy (non-hydrogen) atoms. The maximum atomic E-state index is 12.1. The Hall–Kier alpha value is -3.06. The first-order valence-corrected chi connectivity index (χ1v) is 15.2. The quantitative estimate of drug-likeness (QED) is 0.109. The molecule has 0 aromatic heterocycles. The Bertz CT molecular complexity index is 906. The zero-order valence-electron chi connectivity index (χ0n) is 25.0. The number of nitrogens with zero attached hydrogens (tertiary/aromatic N) is 2. The van der Waals surface area contributed by atoms with E-state index < -0.39 is 23.6 Å². The second-order valence-corrected chi connectivity index (χ2v) is 11.0. The number of hydrogen-bond acceptors (Lipinski definition) is 10. The lowest BCUT2D eigenvalue weighted by Gasteiger charge is -2.34. The number of carbonyl (C=O) groups excluding carboxylic acids is 6. The molecule has 0 aromatic carbocycles. The second-order valence-electron chi connectivity index (χ2n) is 11.0. The van der Waals surface area contributed by atoms with Crippen molar-refractivity contribution in [3.8, 4) is 0 Å². The van der Waals surface area contributed by atoms with Crippen molar-refractivity contribution in [3.05, 3.63) is 24.3 Å². The van der Waals surface area contributed by atoms with Crippen LogP contribution in [0.2, 0.25) is 0 Å². The third kappa shape index (κ3) is 13.4. The molecule has 0 radical (unpaired) electrons. The molecule has 0 atom stereocenters. The summed E-state index contributed by atoms with van der Waals surface area (Å²) in [5.74, 6) is -1.76. The van der Waals surface area contributed by atoms with E-state index in [2.05, 4.69) is 0 Å². The fourth-order valence-corrected chi connectivity index (χ4v) is 5.36. The van der Waals surface area contributed by atoms with Crippen molar-refractivity contribution >= 4 is 35.2 Å². The predicted molar refractivity (Wildman–Crippen MR) is 155 cm³/mol. The minimum atomic E-state index is -0.401. The molecule has 0 aromatic rings. The lowest BCUT2D eigenvalue weighted by molar-refractivity contribution is -0.139. The van der Waals surface area contributed by atoms with Gasteiger partial charge >= 0.3 is 0 Å². The van der Waals surface area contributed by atoms with Crippen molar-refractivity contribution in [2.75, 3.05) is 52.7 Å². The molecular formula is C31H46N2O10. The summed E-state index contributed by atoms with van der Waals surface area (Å²) < 4.78 is 11.4. The van der Waals surface area contributed by atoms with Crippen molar-refractivity contribution in [1.82, 2.24) is 9.80 Å². The maximum absolute atomic E-state index is 12.1. The molecule has 0 spiro atoms. The zero-order chi connectivity index (χ0) is 31.5. The Morgan fingerprint density at radius 1 is 0.558 bits per heavy atom. The van der Waals surface area contributed by atoms with Gasteiger partial charge < -0.3 is 19.7 Å². The van der Waals surface area contributed by atoms with Gasteiger partial charge in [-0.05, 0) is 56.8 Å². The number of ether oxygens (including phenoxy) is 2. The molecule has 2 rings (SSSR count). The molecule has 12 nitrogen and oxygen atoms in total. The van der Waals surface area contributed by atoms with E-state index in [4.69, 9.17) is 9.47 Å². The van der Waals surface area contributed by atoms with E-state index in [0.29, 0.717) is 26.1 Å². The molecule has 2 heterocycles. The van der Waals surface area contributed by atoms with Crippen molar-refractivity contribution in [2.24, 2.45) is 5.41 Å². The highest BCUT2D eigenvalue weighted by molar-refractivity contribution is 6.13. The molecule has 0 saturated heterocycles. The van der Waals surface area contributed by atoms with E-state index in [1.165, 1.54) is 24.3 Å². The smallest absolute Gasteiger partial charge is 0.253 e. The molecule has 240 valence electrons. The summed E-state index contributed by atoms with van der Waals surface area (Å²) >= 11 is 0. The summed E-state index contributed by atoms with van der Waals surface area (Å²) in [5, 5.41) is 19.0. The Balaban J connectivity index is 1.65. The largest absolute Gasteiger partial charge is 0.396 e. The highest BCUT2D eigenvalue weighted by Crippen LogP contribution is 2.39. The molecule has 0 aliphatic carbocycles. The van der Waals surface area contributed by atoms with Gasteiger partial charge in [0.15, 0.2) is 0 Å². The van der Waals surface area contributed by atoms with Crippen LogP contribution in [0.1, 0.15) is 77.0 Å². The number of rotatable bonds is 26. The van der Waals surface area contributed by atoms with Crippen LogP contribution in [0.3, 0.4) is 0 Å². The molecule has 12 heteroatoms. The maximum Gasteiger partial charge on any atom is 0.253 e. The van der Waals surface area contributed by atoms with Crippen LogP contribution in [-0.2, 0) is 38.2 Å². The van der Waals surface area contributed by atoms with Crippen LogP contribution < -0.4 is 0 Å². The van der Waals surface area contributed by atoms with E-state index in [1.807, 2.05) is 0 Å². The first-order valence-electron chi connectivity index (χ1n) is 15.2. The van der Waals surface area contributed by atoms with Gasteiger partial charge in [0.05, 0.1) is 13.2 Å². The summed E-state index contributed by atoms with van der Waals surface area (Å²) in [7, 11) is 0. The van der Waals surface area contributed by atoms with E-state index >= 15 is 0 Å². The second kappa shape index (κ2) is 20.0. The van der Waals surface area contributed by atoms with Crippen molar-refractivity contribution in [3.63, 3.8) is 0 Å². The van der Waals surface area contributed by atoms with Gasteiger partial charge in [-0.1, -0.05) is 0 Å². The molecule has 0 fully saturated rings. The van der Waals surface area contributed by atoms with Gasteiger partial charge in [0.25, 0.3) is 23.6 Å². The van der Waals surface area contributed by atoms with Crippen molar-refractivity contribution < 1.29 is 48.5 Å². The molecule has 2 aliphatic rings. The Kier molecular flexibility index (Phi) is 16.8. The third-order valence-electron chi connectivity index (χ3n) is 7.80. The lowest BCUT2D eigenvalue weighted by Crippen LogP contribution is -2.32. The van der Waals surface area contributed by atoms with Gasteiger partial charge in [-0.25, -0.2) is 0 Å². The number of carbonyl (C=O) groups is 6. The average molecular weight is 607 g/mol. The predicted octanol–water partition coefficient (Wildman–Crippen LogP) is 1.66. The van der Waals surface area contributed by atoms with Gasteiger partial charge in [-0.15, -0.1) is 0 Å². The summed E-state index contributed by atoms with van der Waals surface area (Å²) in [6.07, 6.45) is 11.4. The molecule has 0 saturated carbocycles. The topological polar surface area (TPSA) is 168 Å². The minimum Gasteiger partial charge on any atom is -0.396 e. The van der Waals surface area contributed by atoms with Gasteiger partial charge in [0.2, 0.25) is 0 Å². The fourth-order valence-electron chi connectivity index (χ4n) is 5.36. The molecule has 2 N–H and O–H groups in total. The van der Waals surface area contributed by atoms with Crippen LogP contribution in [0.25, 0.3) is 0 Å². The Labute approximate surface area is 253 Å². The van der Waals surface area contributed by atoms with Crippen molar-refractivity contribution in [2.45, 2.75) is 77.0 Å². The Morgan fingerprint density at radius 2 is 0.907 bits per heavy atom. The van der Waals surface area contributed by atoms with Crippen LogP contribution in [0.4, 0.5) is 0 Å². The number of ketones is 2. The SMILES string of the molecule is O=C(CCOCCCC(CCCO)(CCCO)CCCOCCC(=O)CCN1C(=O)C=CC1=O)CCN1C(=O)C=CC1=O. The van der Waals surface area contributed by atoms with Crippen LogP contribution in [0.5, 0.6) is 0 Å². The normalized spacial score (nSPS) is 15.0. The van der Waals surface area contributed by atoms with Crippen molar-refractivity contribution in [1.29, 1.82) is 0 Å². The fraction of sp³-hybridized carbons (Fsp3) is 0.677. The lowest BCUT2D eigenvalue weighted by atomic mass is 9.72. The molecule has 0 bridgehead atoms. The monoisotopic (exact) mass is 606 g/mol. The number of imide groups is 2. The van der Waals surface area contributed by atoms with E-state index in [0.717, 1.165) is 48.3 Å². The van der Waals surface area contributed by atoms with Crippen LogP contribution in [0, 0.1) is 5.41 Å². The standard InChI is InChI=1S/C31H46N2O10/c34-19-1-13-31(14-2-20-35,15-3-21-42-23-11-25(36)9-17-32-27(38)5-6-28(32)39)16-4-22-43-24-12-26(37)10-18-33-29(40)7-8-30(33)41/h5-8,34-35H,1-4,9-24H2. The number of aliphatic hydroxyl groups excluding tert-OH is 2. The Morgan fingerprint density at radius 3 is 1.26 bits per heavy atom. The molecule has 0 unspecified atom stereocenters. The molecular weight excluding hydrogens is 560 g/mol. The van der Waals surface area contributed by atoms with Gasteiger partial charge in [-0.2, -0.15) is 0 Å². The average Bonchev–Trinajstić information content (AvgIpc) is 3.49. The number of hydrogen-bond donors (Lipinski definition) is 2. The molecule has 2 aliphatic heterocycles. The summed E-state index contributed by atoms with van der Waals surface area (Å²) in [5.41, 5.74) is -0.102. The number of Topliss-reactive ketones (excluding diaryl/α,β-unsaturated/α-hetero) is 2. The zero-order valence-corrected chi connectivity index (χ0v) is 25.0. The van der Waals surface area contributed by atoms with Gasteiger partial charge in [0.1, 0.15) is 11.6 Å². The van der Waals surface area contributed by atoms with Crippen LogP contribution in [0.15, 0.2) is 24.3 Å². The van der Waals surface area contributed by atoms with Crippen LogP contribution >= 0.6 is 0 Å².